The maximum absolute atomic E-state index is 3.02. The van der Waals surface area contributed by atoms with Gasteiger partial charge in [-0.2, -0.15) is 0 Å². The molecule has 0 fully saturated rings. The Morgan fingerprint density at radius 2 is 1.11 bits per heavy atom. The van der Waals surface area contributed by atoms with Crippen LogP contribution in [0.15, 0.2) is 6.08 Å². The third kappa shape index (κ3) is 17.5. The number of allylic oxidation sites excluding steroid dienone is 1. The SMILES string of the molecule is CCCCCCCCCCCCCCC/C=[C]\NC. The second-order valence-electron chi connectivity index (χ2n) is 5.63. The van der Waals surface area contributed by atoms with Gasteiger partial charge in [0, 0.05) is 7.05 Å². The number of hydrogen-bond acceptors (Lipinski definition) is 1. The van der Waals surface area contributed by atoms with Crippen molar-refractivity contribution in [3.05, 3.63) is 12.3 Å². The highest BCUT2D eigenvalue weighted by atomic mass is 14.8. The Morgan fingerprint density at radius 3 is 1.53 bits per heavy atom. The molecule has 0 aromatic carbocycles. The first-order chi connectivity index (χ1) is 9.41. The van der Waals surface area contributed by atoms with E-state index in [1.54, 1.807) is 0 Å². The van der Waals surface area contributed by atoms with Crippen LogP contribution in [0.5, 0.6) is 0 Å². The molecule has 0 aliphatic carbocycles. The van der Waals surface area contributed by atoms with Crippen molar-refractivity contribution in [2.75, 3.05) is 7.05 Å². The highest BCUT2D eigenvalue weighted by Crippen LogP contribution is 2.12. The summed E-state index contributed by atoms with van der Waals surface area (Å²) >= 11 is 0. The molecule has 1 nitrogen and oxygen atoms in total. The Labute approximate surface area is 122 Å². The van der Waals surface area contributed by atoms with E-state index in [0.717, 1.165) is 0 Å². The lowest BCUT2D eigenvalue weighted by Crippen LogP contribution is -1.91. The van der Waals surface area contributed by atoms with E-state index in [-0.39, 0.29) is 0 Å². The van der Waals surface area contributed by atoms with E-state index in [4.69, 9.17) is 0 Å². The molecule has 0 amide bonds. The van der Waals surface area contributed by atoms with Crippen molar-refractivity contribution in [3.63, 3.8) is 0 Å². The summed E-state index contributed by atoms with van der Waals surface area (Å²) in [6, 6.07) is 0. The van der Waals surface area contributed by atoms with Crippen LogP contribution < -0.4 is 5.32 Å². The molecule has 0 aromatic heterocycles. The van der Waals surface area contributed by atoms with Gasteiger partial charge >= 0.3 is 0 Å². The zero-order chi connectivity index (χ0) is 14.0. The molecule has 1 heteroatoms. The lowest BCUT2D eigenvalue weighted by atomic mass is 10.0. The molecule has 1 radical (unpaired) electrons. The minimum atomic E-state index is 1.18. The van der Waals surface area contributed by atoms with Crippen LogP contribution >= 0.6 is 0 Å². The molecule has 0 bridgehead atoms. The molecule has 0 aliphatic heterocycles. The van der Waals surface area contributed by atoms with Gasteiger partial charge < -0.3 is 5.32 Å². The predicted molar refractivity (Wildman–Crippen MR) is 87.2 cm³/mol. The Balaban J connectivity index is 2.93. The maximum Gasteiger partial charge on any atom is 0.0529 e. The van der Waals surface area contributed by atoms with E-state index in [1.807, 2.05) is 7.05 Å². The molecule has 1 N–H and O–H groups in total. The Bertz CT molecular complexity index is 175. The Morgan fingerprint density at radius 1 is 0.684 bits per heavy atom. The minimum absolute atomic E-state index is 1.18. The first-order valence-corrected chi connectivity index (χ1v) is 8.65. The fourth-order valence-electron chi connectivity index (χ4n) is 2.44. The molecule has 0 aromatic rings. The number of hydrogen-bond donors (Lipinski definition) is 1. The summed E-state index contributed by atoms with van der Waals surface area (Å²) in [6.07, 6.45) is 24.9. The van der Waals surface area contributed by atoms with Crippen molar-refractivity contribution in [2.24, 2.45) is 0 Å². The van der Waals surface area contributed by atoms with Crippen LogP contribution in [-0.4, -0.2) is 7.05 Å². The average Bonchev–Trinajstić information content (AvgIpc) is 2.43. The zero-order valence-electron chi connectivity index (χ0n) is 13.5. The maximum atomic E-state index is 3.02. The molecule has 0 heterocycles. The van der Waals surface area contributed by atoms with Crippen LogP contribution in [0.2, 0.25) is 0 Å². The Kier molecular flexibility index (Phi) is 17.1. The van der Waals surface area contributed by atoms with E-state index < -0.39 is 0 Å². The standard InChI is InChI=1S/C18H36N/c1-3-4-5-6-7-8-9-10-11-12-13-14-15-16-17-18-19-2/h17,19H,3-16H2,1-2H3. The Hall–Kier alpha value is -0.460. The van der Waals surface area contributed by atoms with Gasteiger partial charge in [-0.05, 0) is 12.8 Å². The molecule has 0 unspecified atom stereocenters. The lowest BCUT2D eigenvalue weighted by Gasteiger charge is -2.02. The van der Waals surface area contributed by atoms with Crippen molar-refractivity contribution in [1.82, 2.24) is 5.32 Å². The fourth-order valence-corrected chi connectivity index (χ4v) is 2.44. The summed E-state index contributed by atoms with van der Waals surface area (Å²) in [5, 5.41) is 2.91. The molecule has 113 valence electrons. The molecule has 0 rings (SSSR count). The van der Waals surface area contributed by atoms with Gasteiger partial charge in [-0.1, -0.05) is 90.0 Å². The van der Waals surface area contributed by atoms with Crippen molar-refractivity contribution in [3.8, 4) is 0 Å². The van der Waals surface area contributed by atoms with Crippen molar-refractivity contribution < 1.29 is 0 Å². The highest BCUT2D eigenvalue weighted by Gasteiger charge is 1.93. The number of nitrogens with one attached hydrogen (secondary N) is 1. The van der Waals surface area contributed by atoms with E-state index in [0.29, 0.717) is 0 Å². The van der Waals surface area contributed by atoms with Gasteiger partial charge in [0.25, 0.3) is 0 Å². The van der Waals surface area contributed by atoms with E-state index in [9.17, 15) is 0 Å². The monoisotopic (exact) mass is 266 g/mol. The molecule has 0 aliphatic rings. The lowest BCUT2D eigenvalue weighted by molar-refractivity contribution is 0.540. The van der Waals surface area contributed by atoms with Crippen molar-refractivity contribution in [2.45, 2.75) is 96.8 Å². The zero-order valence-corrected chi connectivity index (χ0v) is 13.5. The first kappa shape index (κ1) is 18.5. The quantitative estimate of drug-likeness (QED) is 0.283. The van der Waals surface area contributed by atoms with Gasteiger partial charge in [-0.25, -0.2) is 0 Å². The van der Waals surface area contributed by atoms with Crippen LogP contribution in [0, 0.1) is 6.20 Å². The van der Waals surface area contributed by atoms with Gasteiger partial charge in [0.2, 0.25) is 0 Å². The van der Waals surface area contributed by atoms with Crippen LogP contribution in [0.25, 0.3) is 0 Å². The second-order valence-corrected chi connectivity index (χ2v) is 5.63. The third-order valence-electron chi connectivity index (χ3n) is 3.70. The summed E-state index contributed by atoms with van der Waals surface area (Å²) in [5.74, 6) is 0. The first-order valence-electron chi connectivity index (χ1n) is 8.65. The predicted octanol–water partition coefficient (Wildman–Crippen LogP) is 6.00. The van der Waals surface area contributed by atoms with E-state index in [1.165, 1.54) is 89.9 Å². The van der Waals surface area contributed by atoms with Gasteiger partial charge in [0.05, 0.1) is 6.20 Å². The van der Waals surface area contributed by atoms with E-state index in [2.05, 4.69) is 24.5 Å². The van der Waals surface area contributed by atoms with Gasteiger partial charge in [-0.3, -0.25) is 0 Å². The molecule has 0 saturated carbocycles. The van der Waals surface area contributed by atoms with Crippen molar-refractivity contribution in [1.29, 1.82) is 0 Å². The summed E-state index contributed by atoms with van der Waals surface area (Å²) in [7, 11) is 1.90. The summed E-state index contributed by atoms with van der Waals surface area (Å²) < 4.78 is 0. The van der Waals surface area contributed by atoms with Crippen LogP contribution in [-0.2, 0) is 0 Å². The molecular formula is C18H36N. The normalized spacial score (nSPS) is 11.3. The third-order valence-corrected chi connectivity index (χ3v) is 3.70. The largest absolute Gasteiger partial charge is 0.387 e. The van der Waals surface area contributed by atoms with Crippen LogP contribution in [0.3, 0.4) is 0 Å². The number of rotatable bonds is 15. The number of unbranched alkanes of at least 4 members (excludes halogenated alkanes) is 13. The molecule has 0 atom stereocenters. The molecule has 0 spiro atoms. The van der Waals surface area contributed by atoms with Crippen LogP contribution in [0.4, 0.5) is 0 Å². The van der Waals surface area contributed by atoms with Gasteiger partial charge in [0.15, 0.2) is 0 Å². The minimum Gasteiger partial charge on any atom is -0.387 e. The van der Waals surface area contributed by atoms with Gasteiger partial charge in [-0.15, -0.1) is 0 Å². The summed E-state index contributed by atoms with van der Waals surface area (Å²) in [6.45, 7) is 2.29. The summed E-state index contributed by atoms with van der Waals surface area (Å²) in [4.78, 5) is 0. The molecule has 19 heavy (non-hydrogen) atoms. The highest BCUT2D eigenvalue weighted by molar-refractivity contribution is 4.70. The smallest absolute Gasteiger partial charge is 0.0529 e. The summed E-state index contributed by atoms with van der Waals surface area (Å²) in [5.41, 5.74) is 0. The molecular weight excluding hydrogens is 230 g/mol. The second kappa shape index (κ2) is 17.5. The van der Waals surface area contributed by atoms with Crippen molar-refractivity contribution >= 4 is 0 Å². The van der Waals surface area contributed by atoms with E-state index >= 15 is 0 Å². The topological polar surface area (TPSA) is 12.0 Å². The average molecular weight is 266 g/mol. The fraction of sp³-hybridized carbons (Fsp3) is 0.889. The van der Waals surface area contributed by atoms with Gasteiger partial charge in [0.1, 0.15) is 0 Å². The molecule has 0 saturated heterocycles. The van der Waals surface area contributed by atoms with Crippen LogP contribution in [0.1, 0.15) is 96.8 Å².